The summed E-state index contributed by atoms with van der Waals surface area (Å²) >= 11 is 0. The molecule has 1 aliphatic carbocycles. The van der Waals surface area contributed by atoms with E-state index < -0.39 is 11.5 Å². The Morgan fingerprint density at radius 1 is 1.23 bits per heavy atom. The molecule has 0 aromatic heterocycles. The number of rotatable bonds is 8. The molecular formula is C21H32N2O3. The molecule has 144 valence electrons. The van der Waals surface area contributed by atoms with Crippen LogP contribution in [0.2, 0.25) is 0 Å². The largest absolute Gasteiger partial charge is 0.462 e. The van der Waals surface area contributed by atoms with Crippen molar-refractivity contribution in [1.29, 1.82) is 0 Å². The first kappa shape index (κ1) is 20.4. The molecule has 26 heavy (non-hydrogen) atoms. The van der Waals surface area contributed by atoms with E-state index in [4.69, 9.17) is 4.74 Å². The third-order valence-corrected chi connectivity index (χ3v) is 6.09. The molecule has 0 unspecified atom stereocenters. The molecule has 0 atom stereocenters. The maximum Gasteiger partial charge on any atom is 0.340 e. The monoisotopic (exact) mass is 360 g/mol. The number of nitrogens with zero attached hydrogens (tertiary/aromatic N) is 1. The number of aryl methyl sites for hydroxylation is 1. The number of ether oxygens (including phenoxy) is 1. The lowest BCUT2D eigenvalue weighted by atomic mass is 9.72. The Balaban J connectivity index is 2.39. The molecular weight excluding hydrogens is 328 g/mol. The Kier molecular flexibility index (Phi) is 6.45. The number of benzene rings is 1. The van der Waals surface area contributed by atoms with Crippen molar-refractivity contribution < 1.29 is 18.8 Å². The standard InChI is InChI=1S/C21H32N2O3/c1-6-23(7-2,8-3)21(14-11-15-21)20(25)22-18-16(5)12-10-13-17(18)19(24)26-9-4/h6,10,12-13H,7-9,11,14-15H2,1-5H3,(H,22,25). The number of amides is 1. The van der Waals surface area contributed by atoms with Crippen molar-refractivity contribution in [2.24, 2.45) is 0 Å². The summed E-state index contributed by atoms with van der Waals surface area (Å²) in [4.78, 5) is 25.7. The highest BCUT2D eigenvalue weighted by Gasteiger charge is 2.55. The van der Waals surface area contributed by atoms with Crippen molar-refractivity contribution in [3.05, 3.63) is 35.9 Å². The normalized spacial score (nSPS) is 15.9. The van der Waals surface area contributed by atoms with Crippen LogP contribution in [0.4, 0.5) is 5.69 Å². The summed E-state index contributed by atoms with van der Waals surface area (Å²) in [6, 6.07) is 5.43. The van der Waals surface area contributed by atoms with Gasteiger partial charge in [-0.05, 0) is 45.7 Å². The van der Waals surface area contributed by atoms with Crippen molar-refractivity contribution in [3.8, 4) is 0 Å². The van der Waals surface area contributed by atoms with Crippen LogP contribution in [0.1, 0.15) is 62.9 Å². The van der Waals surface area contributed by atoms with Crippen LogP contribution < -0.4 is 5.32 Å². The van der Waals surface area contributed by atoms with E-state index in [0.29, 0.717) is 22.3 Å². The summed E-state index contributed by atoms with van der Waals surface area (Å²) in [6.45, 7) is 14.2. The van der Waals surface area contributed by atoms with Crippen molar-refractivity contribution in [2.75, 3.05) is 25.0 Å². The number of nitrogens with one attached hydrogen (secondary N) is 1. The van der Waals surface area contributed by atoms with Gasteiger partial charge in [0, 0.05) is 12.8 Å². The summed E-state index contributed by atoms with van der Waals surface area (Å²) in [5, 5.41) is 3.09. The molecule has 1 aromatic carbocycles. The number of quaternary nitrogens is 1. The van der Waals surface area contributed by atoms with Crippen LogP contribution in [-0.2, 0) is 9.53 Å². The van der Waals surface area contributed by atoms with E-state index in [2.05, 4.69) is 25.7 Å². The SMILES string of the molecule is C[CH-][N+](CC)(CC)C1(C(=O)Nc2c(C)cccc2C(=O)OCC)CCC1. The van der Waals surface area contributed by atoms with Crippen molar-refractivity contribution in [2.45, 2.75) is 59.4 Å². The zero-order valence-electron chi connectivity index (χ0n) is 16.7. The molecule has 0 bridgehead atoms. The number of para-hydroxylation sites is 1. The van der Waals surface area contributed by atoms with E-state index in [1.54, 1.807) is 13.0 Å². The second-order valence-corrected chi connectivity index (χ2v) is 6.98. The Labute approximate surface area is 157 Å². The van der Waals surface area contributed by atoms with Crippen LogP contribution in [0.25, 0.3) is 0 Å². The fourth-order valence-electron chi connectivity index (χ4n) is 4.27. The zero-order chi connectivity index (χ0) is 19.4. The Hall–Kier alpha value is -1.88. The van der Waals surface area contributed by atoms with Gasteiger partial charge < -0.3 is 14.5 Å². The van der Waals surface area contributed by atoms with Gasteiger partial charge in [-0.15, -0.1) is 13.5 Å². The highest BCUT2D eigenvalue weighted by atomic mass is 16.5. The molecule has 0 radical (unpaired) electrons. The molecule has 1 amide bonds. The third kappa shape index (κ3) is 3.25. The predicted molar refractivity (Wildman–Crippen MR) is 104 cm³/mol. The number of hydrogen-bond donors (Lipinski definition) is 1. The second kappa shape index (κ2) is 8.21. The van der Waals surface area contributed by atoms with Gasteiger partial charge in [-0.25, -0.2) is 4.79 Å². The van der Waals surface area contributed by atoms with Crippen molar-refractivity contribution in [1.82, 2.24) is 0 Å². The van der Waals surface area contributed by atoms with Crippen LogP contribution >= 0.6 is 0 Å². The van der Waals surface area contributed by atoms with Gasteiger partial charge in [0.25, 0.3) is 5.91 Å². The molecule has 0 saturated heterocycles. The van der Waals surface area contributed by atoms with Gasteiger partial charge in [0.15, 0.2) is 5.54 Å². The fraction of sp³-hybridized carbons (Fsp3) is 0.571. The summed E-state index contributed by atoms with van der Waals surface area (Å²) in [6.07, 6.45) is 2.79. The lowest BCUT2D eigenvalue weighted by Crippen LogP contribution is -2.70. The smallest absolute Gasteiger partial charge is 0.340 e. The first-order valence-corrected chi connectivity index (χ1v) is 9.67. The van der Waals surface area contributed by atoms with Gasteiger partial charge in [-0.3, -0.25) is 4.79 Å². The molecule has 1 aromatic rings. The summed E-state index contributed by atoms with van der Waals surface area (Å²) in [5.41, 5.74) is 1.40. The first-order valence-electron chi connectivity index (χ1n) is 9.67. The molecule has 1 saturated carbocycles. The van der Waals surface area contributed by atoms with Gasteiger partial charge in [-0.1, -0.05) is 12.1 Å². The molecule has 0 heterocycles. The highest BCUT2D eigenvalue weighted by Crippen LogP contribution is 2.45. The Morgan fingerprint density at radius 3 is 2.35 bits per heavy atom. The van der Waals surface area contributed by atoms with E-state index in [0.717, 1.165) is 37.9 Å². The minimum Gasteiger partial charge on any atom is -0.462 e. The molecule has 0 spiro atoms. The number of carbonyl (C=O) groups excluding carboxylic acids is 2. The highest BCUT2D eigenvalue weighted by molar-refractivity contribution is 6.05. The van der Waals surface area contributed by atoms with Crippen molar-refractivity contribution in [3.63, 3.8) is 0 Å². The number of anilines is 1. The van der Waals surface area contributed by atoms with E-state index >= 15 is 0 Å². The van der Waals surface area contributed by atoms with Gasteiger partial charge in [0.1, 0.15) is 0 Å². The summed E-state index contributed by atoms with van der Waals surface area (Å²) < 4.78 is 5.83. The quantitative estimate of drug-likeness (QED) is 0.432. The number of hydrogen-bond acceptors (Lipinski definition) is 3. The Morgan fingerprint density at radius 2 is 1.88 bits per heavy atom. The molecule has 5 heteroatoms. The number of likely N-dealkylation sites (N-methyl/N-ethyl adjacent to an activating group) is 1. The van der Waals surface area contributed by atoms with Crippen LogP contribution in [-0.4, -0.2) is 41.6 Å². The average molecular weight is 360 g/mol. The maximum absolute atomic E-state index is 13.4. The summed E-state index contributed by atoms with van der Waals surface area (Å²) in [5.74, 6) is -0.395. The molecule has 1 N–H and O–H groups in total. The number of esters is 1. The molecule has 2 rings (SSSR count). The summed E-state index contributed by atoms with van der Waals surface area (Å²) in [7, 11) is 0. The van der Waals surface area contributed by atoms with Crippen LogP contribution in [0, 0.1) is 13.5 Å². The predicted octanol–water partition coefficient (Wildman–Crippen LogP) is 4.07. The van der Waals surface area contributed by atoms with E-state index in [1.807, 2.05) is 26.0 Å². The average Bonchev–Trinajstić information content (AvgIpc) is 2.60. The molecule has 1 aliphatic rings. The Bertz CT molecular complexity index is 653. The van der Waals surface area contributed by atoms with E-state index in [-0.39, 0.29) is 5.91 Å². The fourth-order valence-corrected chi connectivity index (χ4v) is 4.27. The maximum atomic E-state index is 13.4. The molecule has 1 fully saturated rings. The zero-order valence-corrected chi connectivity index (χ0v) is 16.7. The lowest BCUT2D eigenvalue weighted by Gasteiger charge is -2.62. The topological polar surface area (TPSA) is 55.4 Å². The van der Waals surface area contributed by atoms with Gasteiger partial charge in [0.05, 0.1) is 30.9 Å². The van der Waals surface area contributed by atoms with Crippen LogP contribution in [0.3, 0.4) is 0 Å². The minimum absolute atomic E-state index is 0.00500. The van der Waals surface area contributed by atoms with Crippen LogP contribution in [0.15, 0.2) is 18.2 Å². The molecule has 0 aliphatic heterocycles. The van der Waals surface area contributed by atoms with Crippen molar-refractivity contribution >= 4 is 17.6 Å². The lowest BCUT2D eigenvalue weighted by molar-refractivity contribution is -0.942. The van der Waals surface area contributed by atoms with Gasteiger partial charge in [-0.2, -0.15) is 0 Å². The first-order chi connectivity index (χ1) is 12.4. The van der Waals surface area contributed by atoms with Gasteiger partial charge in [0.2, 0.25) is 0 Å². The minimum atomic E-state index is -0.452. The van der Waals surface area contributed by atoms with Gasteiger partial charge >= 0.3 is 5.97 Å². The van der Waals surface area contributed by atoms with E-state index in [9.17, 15) is 9.59 Å². The van der Waals surface area contributed by atoms with Crippen LogP contribution in [0.5, 0.6) is 0 Å². The second-order valence-electron chi connectivity index (χ2n) is 6.98. The van der Waals surface area contributed by atoms with E-state index in [1.165, 1.54) is 0 Å². The number of carbonyl (C=O) groups is 2. The third-order valence-electron chi connectivity index (χ3n) is 6.09. The molecule has 5 nitrogen and oxygen atoms in total.